The van der Waals surface area contributed by atoms with Crippen molar-refractivity contribution in [1.82, 2.24) is 15.1 Å². The summed E-state index contributed by atoms with van der Waals surface area (Å²) in [5.41, 5.74) is 1.97. The molecule has 2 amide bonds. The molecule has 0 spiro atoms. The molecule has 0 saturated heterocycles. The highest BCUT2D eigenvalue weighted by atomic mass is 32.1. The Kier molecular flexibility index (Phi) is 7.11. The lowest BCUT2D eigenvalue weighted by Gasteiger charge is -2.31. The Labute approximate surface area is 191 Å². The van der Waals surface area contributed by atoms with Gasteiger partial charge in [0.25, 0.3) is 0 Å². The predicted octanol–water partition coefficient (Wildman–Crippen LogP) is 4.37. The summed E-state index contributed by atoms with van der Waals surface area (Å²) >= 11 is 1.31. The number of benzene rings is 2. The molecular weight excluding hydrogens is 424 g/mol. The van der Waals surface area contributed by atoms with Gasteiger partial charge < -0.3 is 15.0 Å². The Morgan fingerprint density at radius 3 is 2.50 bits per heavy atom. The van der Waals surface area contributed by atoms with Gasteiger partial charge in [-0.25, -0.2) is 0 Å². The molecule has 1 fully saturated rings. The SMILES string of the molecule is COc1ccc(-c2nnc(NC(=O)CCN(Cc3ccccc3)C(=O)C3CCC3)s2)cc1. The number of hydrogen-bond acceptors (Lipinski definition) is 6. The molecule has 0 radical (unpaired) electrons. The largest absolute Gasteiger partial charge is 0.497 e. The first-order chi connectivity index (χ1) is 15.6. The van der Waals surface area contributed by atoms with Crippen LogP contribution >= 0.6 is 11.3 Å². The van der Waals surface area contributed by atoms with Gasteiger partial charge in [-0.05, 0) is 42.7 Å². The van der Waals surface area contributed by atoms with Crippen LogP contribution in [0, 0.1) is 5.92 Å². The van der Waals surface area contributed by atoms with Gasteiger partial charge in [0.2, 0.25) is 16.9 Å². The van der Waals surface area contributed by atoms with Crippen molar-refractivity contribution in [2.75, 3.05) is 19.0 Å². The molecule has 3 aromatic rings. The van der Waals surface area contributed by atoms with Crippen LogP contribution in [0.15, 0.2) is 54.6 Å². The Hall–Kier alpha value is -3.26. The molecule has 1 aromatic heterocycles. The number of ether oxygens (including phenoxy) is 1. The van der Waals surface area contributed by atoms with Crippen LogP contribution in [-0.4, -0.2) is 40.6 Å². The molecule has 1 heterocycles. The molecule has 8 heteroatoms. The van der Waals surface area contributed by atoms with Crippen molar-refractivity contribution in [3.63, 3.8) is 0 Å². The quantitative estimate of drug-likeness (QED) is 0.523. The highest BCUT2D eigenvalue weighted by Crippen LogP contribution is 2.29. The van der Waals surface area contributed by atoms with Crippen molar-refractivity contribution in [1.29, 1.82) is 0 Å². The third kappa shape index (κ3) is 5.50. The van der Waals surface area contributed by atoms with Gasteiger partial charge in [0.15, 0.2) is 0 Å². The monoisotopic (exact) mass is 450 g/mol. The van der Waals surface area contributed by atoms with E-state index in [-0.39, 0.29) is 24.2 Å². The molecule has 0 unspecified atom stereocenters. The molecule has 166 valence electrons. The Morgan fingerprint density at radius 1 is 1.09 bits per heavy atom. The number of rotatable bonds is 9. The van der Waals surface area contributed by atoms with Gasteiger partial charge in [0.05, 0.1) is 7.11 Å². The first-order valence-corrected chi connectivity index (χ1v) is 11.5. The highest BCUT2D eigenvalue weighted by Gasteiger charge is 2.29. The van der Waals surface area contributed by atoms with E-state index in [1.54, 1.807) is 7.11 Å². The zero-order valence-electron chi connectivity index (χ0n) is 18.0. The fourth-order valence-corrected chi connectivity index (χ4v) is 4.29. The van der Waals surface area contributed by atoms with Crippen LogP contribution in [0.1, 0.15) is 31.2 Å². The average molecular weight is 451 g/mol. The lowest BCUT2D eigenvalue weighted by molar-refractivity contribution is -0.139. The number of hydrogen-bond donors (Lipinski definition) is 1. The molecule has 32 heavy (non-hydrogen) atoms. The standard InChI is InChI=1S/C24H26N4O3S/c1-31-20-12-10-18(11-13-20)22-26-27-24(32-22)25-21(29)14-15-28(23(30)19-8-5-9-19)16-17-6-3-2-4-7-17/h2-4,6-7,10-13,19H,5,8-9,14-16H2,1H3,(H,25,27,29). The van der Waals surface area contributed by atoms with Crippen LogP contribution in [0.5, 0.6) is 5.75 Å². The van der Waals surface area contributed by atoms with Gasteiger partial charge in [-0.1, -0.05) is 48.1 Å². The highest BCUT2D eigenvalue weighted by molar-refractivity contribution is 7.18. The van der Waals surface area contributed by atoms with E-state index in [1.807, 2.05) is 59.5 Å². The van der Waals surface area contributed by atoms with Gasteiger partial charge in [-0.2, -0.15) is 0 Å². The topological polar surface area (TPSA) is 84.4 Å². The number of anilines is 1. The van der Waals surface area contributed by atoms with Crippen LogP contribution in [0.25, 0.3) is 10.6 Å². The second-order valence-corrected chi connectivity index (χ2v) is 8.79. The van der Waals surface area contributed by atoms with Crippen molar-refractivity contribution >= 4 is 28.3 Å². The van der Waals surface area contributed by atoms with Crippen LogP contribution in [-0.2, 0) is 16.1 Å². The number of methoxy groups -OCH3 is 1. The fourth-order valence-electron chi connectivity index (χ4n) is 3.53. The number of nitrogens with zero attached hydrogens (tertiary/aromatic N) is 3. The summed E-state index contributed by atoms with van der Waals surface area (Å²) in [6, 6.07) is 17.4. The molecule has 0 bridgehead atoms. The number of amides is 2. The first kappa shape index (κ1) is 22.0. The van der Waals surface area contributed by atoms with Crippen molar-refractivity contribution < 1.29 is 14.3 Å². The summed E-state index contributed by atoms with van der Waals surface area (Å²) in [5.74, 6) is 0.827. The summed E-state index contributed by atoms with van der Waals surface area (Å²) in [7, 11) is 1.62. The second kappa shape index (κ2) is 10.4. The smallest absolute Gasteiger partial charge is 0.227 e. The molecule has 1 aliphatic rings. The van der Waals surface area contributed by atoms with Gasteiger partial charge in [0, 0.05) is 31.0 Å². The van der Waals surface area contributed by atoms with E-state index in [2.05, 4.69) is 15.5 Å². The lowest BCUT2D eigenvalue weighted by Crippen LogP contribution is -2.40. The minimum atomic E-state index is -0.179. The molecule has 2 aromatic carbocycles. The third-order valence-corrected chi connectivity index (χ3v) is 6.49. The van der Waals surface area contributed by atoms with E-state index >= 15 is 0 Å². The molecule has 1 N–H and O–H groups in total. The van der Waals surface area contributed by atoms with Crippen molar-refractivity contribution in [2.45, 2.75) is 32.2 Å². The summed E-state index contributed by atoms with van der Waals surface area (Å²) in [6.45, 7) is 0.893. The predicted molar refractivity (Wildman–Crippen MR) is 124 cm³/mol. The fraction of sp³-hybridized carbons (Fsp3) is 0.333. The van der Waals surface area contributed by atoms with Gasteiger partial charge in [-0.15, -0.1) is 10.2 Å². The van der Waals surface area contributed by atoms with Crippen molar-refractivity contribution in [3.8, 4) is 16.3 Å². The molecule has 1 aliphatic carbocycles. The summed E-state index contributed by atoms with van der Waals surface area (Å²) in [5, 5.41) is 12.2. The van der Waals surface area contributed by atoms with E-state index in [1.165, 1.54) is 11.3 Å². The maximum atomic E-state index is 12.9. The normalized spacial score (nSPS) is 13.3. The van der Waals surface area contributed by atoms with Gasteiger partial charge in [0.1, 0.15) is 10.8 Å². The first-order valence-electron chi connectivity index (χ1n) is 10.7. The molecule has 0 aliphatic heterocycles. The van der Waals surface area contributed by atoms with E-state index in [9.17, 15) is 9.59 Å². The Balaban J connectivity index is 1.34. The second-order valence-electron chi connectivity index (χ2n) is 7.81. The average Bonchev–Trinajstić information content (AvgIpc) is 3.24. The van der Waals surface area contributed by atoms with E-state index in [4.69, 9.17) is 4.74 Å². The van der Waals surface area contributed by atoms with Crippen molar-refractivity contribution in [3.05, 3.63) is 60.2 Å². The number of aromatic nitrogens is 2. The van der Waals surface area contributed by atoms with Crippen LogP contribution in [0.4, 0.5) is 5.13 Å². The number of carbonyl (C=O) groups is 2. The van der Waals surface area contributed by atoms with Crippen molar-refractivity contribution in [2.24, 2.45) is 5.92 Å². The van der Waals surface area contributed by atoms with E-state index in [0.29, 0.717) is 23.2 Å². The number of carbonyl (C=O) groups excluding carboxylic acids is 2. The summed E-state index contributed by atoms with van der Waals surface area (Å²) < 4.78 is 5.17. The summed E-state index contributed by atoms with van der Waals surface area (Å²) in [6.07, 6.45) is 3.19. The minimum Gasteiger partial charge on any atom is -0.497 e. The molecule has 1 saturated carbocycles. The van der Waals surface area contributed by atoms with Gasteiger partial charge >= 0.3 is 0 Å². The Morgan fingerprint density at radius 2 is 1.84 bits per heavy atom. The number of nitrogens with one attached hydrogen (secondary N) is 1. The molecular formula is C24H26N4O3S. The molecule has 4 rings (SSSR count). The summed E-state index contributed by atoms with van der Waals surface area (Å²) in [4.78, 5) is 27.2. The molecule has 0 atom stereocenters. The van der Waals surface area contributed by atoms with Crippen LogP contribution in [0.3, 0.4) is 0 Å². The minimum absolute atomic E-state index is 0.0944. The maximum absolute atomic E-state index is 12.9. The Bertz CT molecular complexity index is 1050. The zero-order chi connectivity index (χ0) is 22.3. The lowest BCUT2D eigenvalue weighted by atomic mass is 9.84. The zero-order valence-corrected chi connectivity index (χ0v) is 18.8. The van der Waals surface area contributed by atoms with Gasteiger partial charge in [-0.3, -0.25) is 9.59 Å². The maximum Gasteiger partial charge on any atom is 0.227 e. The van der Waals surface area contributed by atoms with E-state index in [0.717, 1.165) is 36.1 Å². The molecule has 7 nitrogen and oxygen atoms in total. The van der Waals surface area contributed by atoms with Crippen LogP contribution < -0.4 is 10.1 Å². The van der Waals surface area contributed by atoms with Crippen LogP contribution in [0.2, 0.25) is 0 Å². The van der Waals surface area contributed by atoms with E-state index < -0.39 is 0 Å². The third-order valence-electron chi connectivity index (χ3n) is 5.60.